The first-order valence-corrected chi connectivity index (χ1v) is 4.88. The van der Waals surface area contributed by atoms with Crippen molar-refractivity contribution < 1.29 is 19.1 Å². The molecule has 1 aromatic rings. The molecule has 0 fully saturated rings. The van der Waals surface area contributed by atoms with Crippen molar-refractivity contribution in [2.45, 2.75) is 13.0 Å². The summed E-state index contributed by atoms with van der Waals surface area (Å²) in [5.74, 6) is -1.54. The Labute approximate surface area is 97.7 Å². The molecule has 1 atom stereocenters. The predicted molar refractivity (Wildman–Crippen MR) is 59.0 cm³/mol. The molecule has 0 heterocycles. The van der Waals surface area contributed by atoms with E-state index < -0.39 is 24.0 Å². The maximum Gasteiger partial charge on any atom is 0.421 e. The summed E-state index contributed by atoms with van der Waals surface area (Å²) in [6, 6.07) is 7.10. The summed E-state index contributed by atoms with van der Waals surface area (Å²) in [6.45, 7) is 1.40. The number of rotatable bonds is 2. The fourth-order valence-electron chi connectivity index (χ4n) is 0.957. The molecule has 0 radical (unpaired) electrons. The van der Waals surface area contributed by atoms with E-state index in [1.54, 1.807) is 18.2 Å². The van der Waals surface area contributed by atoms with Crippen molar-refractivity contribution in [3.05, 3.63) is 35.9 Å². The van der Waals surface area contributed by atoms with Crippen molar-refractivity contribution in [3.63, 3.8) is 0 Å². The Bertz CT molecular complexity index is 428. The fourth-order valence-corrected chi connectivity index (χ4v) is 0.957. The lowest BCUT2D eigenvalue weighted by Gasteiger charge is -2.06. The predicted octanol–water partition coefficient (Wildman–Crippen LogP) is 0.427. The Hall–Kier alpha value is -2.21. The van der Waals surface area contributed by atoms with Crippen LogP contribution in [0.15, 0.2) is 30.3 Å². The molecule has 0 saturated carbocycles. The van der Waals surface area contributed by atoms with Gasteiger partial charge in [-0.25, -0.2) is 9.59 Å². The van der Waals surface area contributed by atoms with E-state index in [9.17, 15) is 14.4 Å². The summed E-state index contributed by atoms with van der Waals surface area (Å²) >= 11 is 0. The van der Waals surface area contributed by atoms with Crippen LogP contribution in [0.3, 0.4) is 0 Å². The quantitative estimate of drug-likeness (QED) is 0.573. The zero-order chi connectivity index (χ0) is 12.8. The lowest BCUT2D eigenvalue weighted by atomic mass is 10.2. The second-order valence-electron chi connectivity index (χ2n) is 3.32. The minimum absolute atomic E-state index is 0.218. The van der Waals surface area contributed by atoms with Gasteiger partial charge in [-0.3, -0.25) is 10.1 Å². The van der Waals surface area contributed by atoms with E-state index in [-0.39, 0.29) is 5.56 Å². The average Bonchev–Trinajstić information content (AvgIpc) is 2.29. The van der Waals surface area contributed by atoms with Gasteiger partial charge < -0.3 is 10.5 Å². The van der Waals surface area contributed by atoms with Gasteiger partial charge in [-0.15, -0.1) is 0 Å². The minimum atomic E-state index is -1.14. The standard InChI is InChI=1S/C11H12N2O4/c1-7(12)9(14)13-11(16)17-10(15)8-5-3-2-4-6-8/h2-7H,12H2,1H3,(H,13,14,16)/t7-/m0/s1. The molecule has 0 spiro atoms. The summed E-state index contributed by atoms with van der Waals surface area (Å²) < 4.78 is 4.39. The molecule has 0 aromatic heterocycles. The number of carbonyl (C=O) groups excluding carboxylic acids is 3. The number of amides is 2. The molecule has 3 N–H and O–H groups in total. The second kappa shape index (κ2) is 5.76. The third-order valence-corrected chi connectivity index (χ3v) is 1.83. The average molecular weight is 236 g/mol. The molecular weight excluding hydrogens is 224 g/mol. The highest BCUT2D eigenvalue weighted by atomic mass is 16.6. The largest absolute Gasteiger partial charge is 0.421 e. The van der Waals surface area contributed by atoms with Gasteiger partial charge in [-0.1, -0.05) is 18.2 Å². The van der Waals surface area contributed by atoms with Crippen LogP contribution in [0.4, 0.5) is 4.79 Å². The van der Waals surface area contributed by atoms with Gasteiger partial charge in [0.1, 0.15) is 0 Å². The summed E-state index contributed by atoms with van der Waals surface area (Å²) in [7, 11) is 0. The first kappa shape index (κ1) is 12.9. The summed E-state index contributed by atoms with van der Waals surface area (Å²) in [6.07, 6.45) is -1.14. The van der Waals surface area contributed by atoms with E-state index in [0.29, 0.717) is 0 Å². The number of nitrogens with two attached hydrogens (primary N) is 1. The van der Waals surface area contributed by atoms with Crippen LogP contribution in [0.1, 0.15) is 17.3 Å². The van der Waals surface area contributed by atoms with Crippen molar-refractivity contribution in [1.82, 2.24) is 5.32 Å². The topological polar surface area (TPSA) is 98.5 Å². The van der Waals surface area contributed by atoms with Crippen LogP contribution >= 0.6 is 0 Å². The molecule has 0 aliphatic carbocycles. The van der Waals surface area contributed by atoms with Crippen molar-refractivity contribution in [2.75, 3.05) is 0 Å². The molecule has 90 valence electrons. The Balaban J connectivity index is 2.53. The highest BCUT2D eigenvalue weighted by Crippen LogP contribution is 2.00. The zero-order valence-electron chi connectivity index (χ0n) is 9.17. The lowest BCUT2D eigenvalue weighted by molar-refractivity contribution is -0.121. The molecule has 1 rings (SSSR count). The van der Waals surface area contributed by atoms with Gasteiger partial charge in [0, 0.05) is 0 Å². The lowest BCUT2D eigenvalue weighted by Crippen LogP contribution is -2.42. The summed E-state index contributed by atoms with van der Waals surface area (Å²) in [4.78, 5) is 33.5. The Morgan fingerprint density at radius 2 is 1.82 bits per heavy atom. The molecular formula is C11H12N2O4. The minimum Gasteiger partial charge on any atom is -0.372 e. The second-order valence-corrected chi connectivity index (χ2v) is 3.32. The number of ether oxygens (including phenoxy) is 1. The number of nitrogens with one attached hydrogen (secondary N) is 1. The first-order valence-electron chi connectivity index (χ1n) is 4.88. The normalized spacial score (nSPS) is 11.4. The molecule has 0 unspecified atom stereocenters. The number of hydrogen-bond donors (Lipinski definition) is 2. The van der Waals surface area contributed by atoms with Crippen molar-refractivity contribution in [3.8, 4) is 0 Å². The van der Waals surface area contributed by atoms with E-state index in [1.807, 2.05) is 5.32 Å². The van der Waals surface area contributed by atoms with Crippen molar-refractivity contribution in [2.24, 2.45) is 5.73 Å². The molecule has 6 nitrogen and oxygen atoms in total. The number of carbonyl (C=O) groups is 3. The number of alkyl carbamates (subject to hydrolysis) is 1. The smallest absolute Gasteiger partial charge is 0.372 e. The van der Waals surface area contributed by atoms with Gasteiger partial charge in [0.2, 0.25) is 5.91 Å². The van der Waals surface area contributed by atoms with E-state index in [4.69, 9.17) is 5.73 Å². The molecule has 17 heavy (non-hydrogen) atoms. The number of esters is 1. The van der Waals surface area contributed by atoms with Crippen LogP contribution in [0, 0.1) is 0 Å². The molecule has 0 bridgehead atoms. The van der Waals surface area contributed by atoms with Gasteiger partial charge in [0.15, 0.2) is 0 Å². The van der Waals surface area contributed by atoms with Crippen LogP contribution in [-0.4, -0.2) is 24.0 Å². The maximum atomic E-state index is 11.4. The van der Waals surface area contributed by atoms with Gasteiger partial charge in [-0.2, -0.15) is 0 Å². The van der Waals surface area contributed by atoms with Gasteiger partial charge in [0.05, 0.1) is 11.6 Å². The van der Waals surface area contributed by atoms with E-state index in [0.717, 1.165) is 0 Å². The van der Waals surface area contributed by atoms with Crippen LogP contribution in [0.5, 0.6) is 0 Å². The molecule has 6 heteroatoms. The summed E-state index contributed by atoms with van der Waals surface area (Å²) in [5.41, 5.74) is 5.44. The third kappa shape index (κ3) is 4.04. The van der Waals surface area contributed by atoms with Crippen molar-refractivity contribution in [1.29, 1.82) is 0 Å². The van der Waals surface area contributed by atoms with Gasteiger partial charge in [0.25, 0.3) is 0 Å². The first-order chi connectivity index (χ1) is 8.00. The number of imide groups is 1. The van der Waals surface area contributed by atoms with Crippen LogP contribution < -0.4 is 11.1 Å². The Kier molecular flexibility index (Phi) is 4.36. The van der Waals surface area contributed by atoms with E-state index in [1.165, 1.54) is 19.1 Å². The van der Waals surface area contributed by atoms with Crippen LogP contribution in [-0.2, 0) is 9.53 Å². The Morgan fingerprint density at radius 3 is 2.35 bits per heavy atom. The third-order valence-electron chi connectivity index (χ3n) is 1.83. The maximum absolute atomic E-state index is 11.4. The van der Waals surface area contributed by atoms with Crippen LogP contribution in [0.2, 0.25) is 0 Å². The number of benzene rings is 1. The summed E-state index contributed by atoms with van der Waals surface area (Å²) in [5, 5.41) is 1.83. The fraction of sp³-hybridized carbons (Fsp3) is 0.182. The molecule has 2 amide bonds. The molecule has 0 saturated heterocycles. The zero-order valence-corrected chi connectivity index (χ0v) is 9.17. The van der Waals surface area contributed by atoms with E-state index >= 15 is 0 Å². The van der Waals surface area contributed by atoms with Crippen LogP contribution in [0.25, 0.3) is 0 Å². The molecule has 0 aliphatic heterocycles. The van der Waals surface area contributed by atoms with Crippen molar-refractivity contribution >= 4 is 18.0 Å². The number of hydrogen-bond acceptors (Lipinski definition) is 5. The SMILES string of the molecule is C[C@H](N)C(=O)NC(=O)OC(=O)c1ccccc1. The highest BCUT2D eigenvalue weighted by Gasteiger charge is 2.16. The van der Waals surface area contributed by atoms with Gasteiger partial charge >= 0.3 is 12.1 Å². The monoisotopic (exact) mass is 236 g/mol. The molecule has 1 aromatic carbocycles. The van der Waals surface area contributed by atoms with Gasteiger partial charge in [-0.05, 0) is 19.1 Å². The Morgan fingerprint density at radius 1 is 1.24 bits per heavy atom. The van der Waals surface area contributed by atoms with E-state index in [2.05, 4.69) is 4.74 Å². The molecule has 0 aliphatic rings. The highest BCUT2D eigenvalue weighted by molar-refractivity contribution is 6.01.